The molecule has 3 aromatic rings. The van der Waals surface area contributed by atoms with Gasteiger partial charge in [0.25, 0.3) is 0 Å². The second kappa shape index (κ2) is 9.32. The number of amides is 2. The van der Waals surface area contributed by atoms with Crippen LogP contribution in [0.5, 0.6) is 5.75 Å². The van der Waals surface area contributed by atoms with Gasteiger partial charge >= 0.3 is 11.8 Å². The standard InChI is InChI=1S/C23H20N2O4/c1-16(26)18-8-5-9-20(14-18)25-23(28)22(27)24-19-10-12-21(13-11-19)29-15-17-6-3-2-4-7-17/h2-14H,15H2,1H3,(H,24,27)(H,25,28). The fraction of sp³-hybridized carbons (Fsp3) is 0.0870. The Hall–Kier alpha value is -3.93. The summed E-state index contributed by atoms with van der Waals surface area (Å²) in [6.45, 7) is 1.87. The summed E-state index contributed by atoms with van der Waals surface area (Å²) in [5.74, 6) is -1.11. The molecule has 6 nitrogen and oxygen atoms in total. The van der Waals surface area contributed by atoms with Gasteiger partial charge in [-0.3, -0.25) is 14.4 Å². The van der Waals surface area contributed by atoms with Crippen LogP contribution in [0.1, 0.15) is 22.8 Å². The first-order valence-electron chi connectivity index (χ1n) is 9.01. The highest BCUT2D eigenvalue weighted by Gasteiger charge is 2.14. The van der Waals surface area contributed by atoms with Gasteiger partial charge in [-0.1, -0.05) is 42.5 Å². The van der Waals surface area contributed by atoms with Crippen molar-refractivity contribution in [2.45, 2.75) is 13.5 Å². The molecule has 146 valence electrons. The van der Waals surface area contributed by atoms with E-state index < -0.39 is 11.8 Å². The number of nitrogens with one attached hydrogen (secondary N) is 2. The van der Waals surface area contributed by atoms with Gasteiger partial charge in [-0.2, -0.15) is 0 Å². The van der Waals surface area contributed by atoms with Gasteiger partial charge in [0.2, 0.25) is 0 Å². The lowest BCUT2D eigenvalue weighted by atomic mass is 10.1. The largest absolute Gasteiger partial charge is 0.489 e. The Morgan fingerprint density at radius 1 is 0.759 bits per heavy atom. The van der Waals surface area contributed by atoms with E-state index >= 15 is 0 Å². The van der Waals surface area contributed by atoms with Crippen molar-refractivity contribution in [2.24, 2.45) is 0 Å². The molecule has 2 N–H and O–H groups in total. The normalized spacial score (nSPS) is 10.1. The zero-order chi connectivity index (χ0) is 20.6. The summed E-state index contributed by atoms with van der Waals surface area (Å²) in [7, 11) is 0. The zero-order valence-corrected chi connectivity index (χ0v) is 15.8. The Balaban J connectivity index is 1.54. The molecule has 0 aliphatic carbocycles. The van der Waals surface area contributed by atoms with Crippen LogP contribution in [0.25, 0.3) is 0 Å². The third-order valence-corrected chi connectivity index (χ3v) is 4.09. The molecule has 0 saturated carbocycles. The lowest BCUT2D eigenvalue weighted by Crippen LogP contribution is -2.29. The summed E-state index contributed by atoms with van der Waals surface area (Å²) >= 11 is 0. The molecule has 0 saturated heterocycles. The van der Waals surface area contributed by atoms with Gasteiger partial charge in [-0.05, 0) is 48.9 Å². The van der Waals surface area contributed by atoms with E-state index in [-0.39, 0.29) is 5.78 Å². The molecule has 0 fully saturated rings. The van der Waals surface area contributed by atoms with Gasteiger partial charge in [-0.25, -0.2) is 0 Å². The maximum absolute atomic E-state index is 12.1. The number of ketones is 1. The Morgan fingerprint density at radius 2 is 1.41 bits per heavy atom. The van der Waals surface area contributed by atoms with Gasteiger partial charge in [0.15, 0.2) is 5.78 Å². The predicted octanol–water partition coefficient (Wildman–Crippen LogP) is 4.05. The first-order valence-corrected chi connectivity index (χ1v) is 9.01. The van der Waals surface area contributed by atoms with E-state index in [4.69, 9.17) is 4.74 Å². The third-order valence-electron chi connectivity index (χ3n) is 4.09. The van der Waals surface area contributed by atoms with Gasteiger partial charge in [0.05, 0.1) is 0 Å². The van der Waals surface area contributed by atoms with Crippen LogP contribution in [0.3, 0.4) is 0 Å². The number of anilines is 2. The third kappa shape index (κ3) is 5.77. The van der Waals surface area contributed by atoms with Gasteiger partial charge in [0, 0.05) is 16.9 Å². The van der Waals surface area contributed by atoms with E-state index in [1.165, 1.54) is 13.0 Å². The van der Waals surface area contributed by atoms with Gasteiger partial charge in [0.1, 0.15) is 12.4 Å². The highest BCUT2D eigenvalue weighted by atomic mass is 16.5. The van der Waals surface area contributed by atoms with E-state index in [9.17, 15) is 14.4 Å². The molecule has 29 heavy (non-hydrogen) atoms. The number of rotatable bonds is 6. The Labute approximate surface area is 168 Å². The Morgan fingerprint density at radius 3 is 2.07 bits per heavy atom. The number of benzene rings is 3. The predicted molar refractivity (Wildman–Crippen MR) is 111 cm³/mol. The molecule has 0 aliphatic heterocycles. The molecule has 6 heteroatoms. The van der Waals surface area contributed by atoms with Gasteiger partial charge < -0.3 is 15.4 Å². The molecule has 0 spiro atoms. The van der Waals surface area contributed by atoms with Crippen molar-refractivity contribution in [3.8, 4) is 5.75 Å². The maximum atomic E-state index is 12.1. The number of carbonyl (C=O) groups excluding carboxylic acids is 3. The van der Waals surface area contributed by atoms with Crippen LogP contribution >= 0.6 is 0 Å². The molecule has 0 bridgehead atoms. The molecule has 0 heterocycles. The average molecular weight is 388 g/mol. The first-order chi connectivity index (χ1) is 14.0. The van der Waals surface area contributed by atoms with Crippen LogP contribution in [0.2, 0.25) is 0 Å². The molecule has 0 aliphatic rings. The fourth-order valence-electron chi connectivity index (χ4n) is 2.57. The zero-order valence-electron chi connectivity index (χ0n) is 15.8. The monoisotopic (exact) mass is 388 g/mol. The second-order valence-corrected chi connectivity index (χ2v) is 6.34. The van der Waals surface area contributed by atoms with E-state index in [1.54, 1.807) is 42.5 Å². The summed E-state index contributed by atoms with van der Waals surface area (Å²) in [5, 5.41) is 5.01. The topological polar surface area (TPSA) is 84.5 Å². The van der Waals surface area contributed by atoms with Crippen molar-refractivity contribution in [1.82, 2.24) is 0 Å². The minimum absolute atomic E-state index is 0.125. The lowest BCUT2D eigenvalue weighted by molar-refractivity contribution is -0.132. The number of hydrogen-bond donors (Lipinski definition) is 2. The Kier molecular flexibility index (Phi) is 6.37. The Bertz CT molecular complexity index is 1010. The SMILES string of the molecule is CC(=O)c1cccc(NC(=O)C(=O)Nc2ccc(OCc3ccccc3)cc2)c1. The summed E-state index contributed by atoms with van der Waals surface area (Å²) < 4.78 is 5.69. The summed E-state index contributed by atoms with van der Waals surface area (Å²) in [6.07, 6.45) is 0. The minimum atomic E-state index is -0.824. The van der Waals surface area contributed by atoms with Crippen LogP contribution in [0.4, 0.5) is 11.4 Å². The van der Waals surface area contributed by atoms with Crippen molar-refractivity contribution >= 4 is 29.0 Å². The van der Waals surface area contributed by atoms with Crippen molar-refractivity contribution in [2.75, 3.05) is 10.6 Å². The van der Waals surface area contributed by atoms with Crippen molar-refractivity contribution in [3.63, 3.8) is 0 Å². The molecule has 3 aromatic carbocycles. The smallest absolute Gasteiger partial charge is 0.314 e. The van der Waals surface area contributed by atoms with Crippen LogP contribution in [0, 0.1) is 0 Å². The molecule has 2 amide bonds. The van der Waals surface area contributed by atoms with Crippen LogP contribution in [-0.4, -0.2) is 17.6 Å². The minimum Gasteiger partial charge on any atom is -0.489 e. The van der Waals surface area contributed by atoms with E-state index in [0.717, 1.165) is 5.56 Å². The number of carbonyl (C=O) groups is 3. The van der Waals surface area contributed by atoms with E-state index in [0.29, 0.717) is 29.3 Å². The number of ether oxygens (including phenoxy) is 1. The molecule has 0 atom stereocenters. The number of Topliss-reactive ketones (excluding diaryl/α,β-unsaturated/α-hetero) is 1. The summed E-state index contributed by atoms with van der Waals surface area (Å²) in [5.41, 5.74) is 2.35. The average Bonchev–Trinajstić information content (AvgIpc) is 2.74. The van der Waals surface area contributed by atoms with Crippen LogP contribution < -0.4 is 15.4 Å². The molecule has 0 unspecified atom stereocenters. The first kappa shape index (κ1) is 19.8. The lowest BCUT2D eigenvalue weighted by Gasteiger charge is -2.09. The highest BCUT2D eigenvalue weighted by molar-refractivity contribution is 6.43. The molecular formula is C23H20N2O4. The van der Waals surface area contributed by atoms with Crippen molar-refractivity contribution in [1.29, 1.82) is 0 Å². The second-order valence-electron chi connectivity index (χ2n) is 6.34. The quantitative estimate of drug-likeness (QED) is 0.493. The maximum Gasteiger partial charge on any atom is 0.314 e. The number of hydrogen-bond acceptors (Lipinski definition) is 4. The molecular weight excluding hydrogens is 368 g/mol. The van der Waals surface area contributed by atoms with Gasteiger partial charge in [-0.15, -0.1) is 0 Å². The van der Waals surface area contributed by atoms with E-state index in [1.807, 2.05) is 30.3 Å². The van der Waals surface area contributed by atoms with Crippen molar-refractivity contribution in [3.05, 3.63) is 90.0 Å². The molecule has 0 aromatic heterocycles. The van der Waals surface area contributed by atoms with Crippen LogP contribution in [0.15, 0.2) is 78.9 Å². The van der Waals surface area contributed by atoms with E-state index in [2.05, 4.69) is 10.6 Å². The fourth-order valence-corrected chi connectivity index (χ4v) is 2.57. The molecule has 3 rings (SSSR count). The molecule has 0 radical (unpaired) electrons. The highest BCUT2D eigenvalue weighted by Crippen LogP contribution is 2.17. The van der Waals surface area contributed by atoms with Crippen molar-refractivity contribution < 1.29 is 19.1 Å². The summed E-state index contributed by atoms with van der Waals surface area (Å²) in [4.78, 5) is 35.6. The summed E-state index contributed by atoms with van der Waals surface area (Å²) in [6, 6.07) is 22.9. The van der Waals surface area contributed by atoms with Crippen LogP contribution in [-0.2, 0) is 16.2 Å².